The summed E-state index contributed by atoms with van der Waals surface area (Å²) in [6, 6.07) is 30.7. The first-order chi connectivity index (χ1) is 27.1. The number of thiazole rings is 2. The quantitative estimate of drug-likeness (QED) is 0.0519. The summed E-state index contributed by atoms with van der Waals surface area (Å²) < 4.78 is 27.5. The van der Waals surface area contributed by atoms with Crippen LogP contribution in [0.1, 0.15) is 56.5 Å². The summed E-state index contributed by atoms with van der Waals surface area (Å²) in [6.07, 6.45) is 0. The fraction of sp³-hybridized carbons (Fsp3) is 0.220. The average molecular weight is 927 g/mol. The molecule has 0 saturated heterocycles. The molecule has 0 aliphatic rings. The molecule has 0 fully saturated rings. The maximum absolute atomic E-state index is 11.5. The standard InChI is InChI=1S/C19H17NO4S.C13H12INO3S.C8H11BO3.CH4/c1-23-10-14-4-2-3-5-16(14)13-6-8-15(9-7-13)24-11-18-20-17(12-25-18)19(21)22;1-2-17-13(16)11-8-19-12(15-11)7-18-10-5-3-9(14)4-6-10;1-12-6-7-4-2-3-5-8(7)9(10)11;/h2-9,12H,10-11H2,1H3,(H,21,22);3-6,8H,2,7H2,1H3;2-5,10-11H,6H2,1H3;1H4. The Bertz CT molecular complexity index is 2110. The average Bonchev–Trinajstić information content (AvgIpc) is 3.89. The molecule has 3 N–H and O–H groups in total. The predicted octanol–water partition coefficient (Wildman–Crippen LogP) is 7.89. The lowest BCUT2D eigenvalue weighted by molar-refractivity contribution is 0.0519. The first kappa shape index (κ1) is 46.7. The summed E-state index contributed by atoms with van der Waals surface area (Å²) in [5.74, 6) is 0.0780. The highest BCUT2D eigenvalue weighted by Gasteiger charge is 2.15. The van der Waals surface area contributed by atoms with Gasteiger partial charge in [-0.2, -0.15) is 0 Å². The van der Waals surface area contributed by atoms with Crippen molar-refractivity contribution in [3.05, 3.63) is 144 Å². The number of methoxy groups -OCH3 is 2. The smallest absolute Gasteiger partial charge is 0.486 e. The highest BCUT2D eigenvalue weighted by atomic mass is 127. The summed E-state index contributed by atoms with van der Waals surface area (Å²) >= 11 is 4.90. The third-order valence-corrected chi connectivity index (χ3v) is 9.82. The number of hydrogen-bond donors (Lipinski definition) is 3. The maximum Gasteiger partial charge on any atom is 0.488 e. The van der Waals surface area contributed by atoms with E-state index in [1.54, 1.807) is 44.7 Å². The molecular weight excluding hydrogens is 882 g/mol. The molecule has 0 unspecified atom stereocenters. The maximum atomic E-state index is 11.5. The van der Waals surface area contributed by atoms with Crippen LogP contribution in [0.5, 0.6) is 11.5 Å². The molecule has 300 valence electrons. The molecule has 0 spiro atoms. The zero-order chi connectivity index (χ0) is 40.3. The Morgan fingerprint density at radius 3 is 1.75 bits per heavy atom. The Hall–Kier alpha value is -4.69. The SMILES string of the molecule is C.CCOC(=O)c1csc(COc2ccc(I)cc2)n1.COCc1ccccc1-c1ccc(OCc2nc(C(=O)O)cs2)cc1.COCc1ccccc1B(O)O. The van der Waals surface area contributed by atoms with E-state index >= 15 is 0 Å². The van der Waals surface area contributed by atoms with Crippen molar-refractivity contribution in [3.63, 3.8) is 0 Å². The fourth-order valence-electron chi connectivity index (χ4n) is 4.86. The molecule has 12 nitrogen and oxygen atoms in total. The number of aromatic nitrogens is 2. The van der Waals surface area contributed by atoms with Crippen LogP contribution in [0.15, 0.2) is 108 Å². The Balaban J connectivity index is 0.000000241. The van der Waals surface area contributed by atoms with Gasteiger partial charge in [-0.25, -0.2) is 19.6 Å². The minimum absolute atomic E-state index is 0. The first-order valence-corrected chi connectivity index (χ1v) is 19.9. The summed E-state index contributed by atoms with van der Waals surface area (Å²) in [5.41, 5.74) is 5.03. The Labute approximate surface area is 354 Å². The minimum atomic E-state index is -1.42. The van der Waals surface area contributed by atoms with Gasteiger partial charge in [-0.3, -0.25) is 0 Å². The number of aromatic carboxylic acids is 1. The molecule has 16 heteroatoms. The van der Waals surface area contributed by atoms with Crippen LogP contribution in [-0.2, 0) is 40.6 Å². The van der Waals surface area contributed by atoms with E-state index in [1.807, 2.05) is 72.8 Å². The predicted molar refractivity (Wildman–Crippen MR) is 231 cm³/mol. The van der Waals surface area contributed by atoms with E-state index in [9.17, 15) is 9.59 Å². The van der Waals surface area contributed by atoms with Crippen LogP contribution >= 0.6 is 45.3 Å². The number of carbonyl (C=O) groups is 2. The lowest BCUT2D eigenvalue weighted by atomic mass is 9.77. The number of carboxylic acids is 1. The van der Waals surface area contributed by atoms with Gasteiger partial charge in [0.05, 0.1) is 19.8 Å². The number of halogens is 1. The van der Waals surface area contributed by atoms with Gasteiger partial charge in [0.2, 0.25) is 0 Å². The topological polar surface area (TPSA) is 167 Å². The largest absolute Gasteiger partial charge is 0.488 e. The zero-order valence-corrected chi connectivity index (χ0v) is 34.6. The van der Waals surface area contributed by atoms with Gasteiger partial charge in [0, 0.05) is 28.5 Å². The van der Waals surface area contributed by atoms with E-state index in [1.165, 1.54) is 28.1 Å². The molecule has 0 bridgehead atoms. The van der Waals surface area contributed by atoms with Gasteiger partial charge in [0.1, 0.15) is 34.7 Å². The summed E-state index contributed by atoms with van der Waals surface area (Å²) in [7, 11) is 1.83. The molecule has 0 amide bonds. The van der Waals surface area contributed by atoms with Gasteiger partial charge in [-0.1, -0.05) is 68.1 Å². The lowest BCUT2D eigenvalue weighted by Gasteiger charge is -2.10. The van der Waals surface area contributed by atoms with Crippen molar-refractivity contribution >= 4 is 69.8 Å². The van der Waals surface area contributed by atoms with Gasteiger partial charge in [-0.15, -0.1) is 22.7 Å². The second-order valence-corrected chi connectivity index (χ2v) is 14.6. The molecule has 0 aliphatic carbocycles. The normalized spacial score (nSPS) is 10.1. The molecule has 2 aromatic heterocycles. The fourth-order valence-corrected chi connectivity index (χ4v) is 6.57. The van der Waals surface area contributed by atoms with Crippen LogP contribution in [0, 0.1) is 3.57 Å². The molecule has 6 aromatic rings. The van der Waals surface area contributed by atoms with Crippen LogP contribution in [0.2, 0.25) is 0 Å². The molecule has 2 heterocycles. The van der Waals surface area contributed by atoms with E-state index in [0.29, 0.717) is 48.3 Å². The van der Waals surface area contributed by atoms with E-state index in [0.717, 1.165) is 36.6 Å². The van der Waals surface area contributed by atoms with Crippen LogP contribution in [0.4, 0.5) is 0 Å². The minimum Gasteiger partial charge on any atom is -0.486 e. The molecule has 0 saturated carbocycles. The van der Waals surface area contributed by atoms with Crippen molar-refractivity contribution in [1.82, 2.24) is 9.97 Å². The number of esters is 1. The Kier molecular flexibility index (Phi) is 20.4. The van der Waals surface area contributed by atoms with Gasteiger partial charge in [-0.05, 0) is 93.6 Å². The van der Waals surface area contributed by atoms with E-state index < -0.39 is 13.1 Å². The van der Waals surface area contributed by atoms with Crippen molar-refractivity contribution in [2.24, 2.45) is 0 Å². The van der Waals surface area contributed by atoms with E-state index in [2.05, 4.69) is 38.6 Å². The summed E-state index contributed by atoms with van der Waals surface area (Å²) in [5, 5.41) is 31.3. The van der Waals surface area contributed by atoms with Gasteiger partial charge >= 0.3 is 19.1 Å². The van der Waals surface area contributed by atoms with Crippen molar-refractivity contribution in [3.8, 4) is 22.6 Å². The van der Waals surface area contributed by atoms with Crippen LogP contribution in [-0.4, -0.2) is 65.0 Å². The van der Waals surface area contributed by atoms with E-state index in [4.69, 9.17) is 38.8 Å². The second kappa shape index (κ2) is 24.8. The third-order valence-electron chi connectivity index (χ3n) is 7.46. The number of nitrogens with zero attached hydrogens (tertiary/aromatic N) is 2. The molecule has 0 aliphatic heterocycles. The van der Waals surface area contributed by atoms with Crippen molar-refractivity contribution in [1.29, 1.82) is 0 Å². The van der Waals surface area contributed by atoms with Crippen LogP contribution in [0.25, 0.3) is 11.1 Å². The van der Waals surface area contributed by atoms with Crippen molar-refractivity contribution < 1.29 is 48.4 Å². The summed E-state index contributed by atoms with van der Waals surface area (Å²) in [6.45, 7) is 3.68. The highest BCUT2D eigenvalue weighted by Crippen LogP contribution is 2.27. The molecule has 4 aromatic carbocycles. The Morgan fingerprint density at radius 1 is 0.702 bits per heavy atom. The van der Waals surface area contributed by atoms with Gasteiger partial charge in [0.15, 0.2) is 11.4 Å². The molecular formula is C41H44BIN2O10S2. The molecule has 6 rings (SSSR count). The second-order valence-electron chi connectivity index (χ2n) is 11.4. The molecule has 0 atom stereocenters. The highest BCUT2D eigenvalue weighted by molar-refractivity contribution is 14.1. The van der Waals surface area contributed by atoms with Crippen LogP contribution < -0.4 is 14.9 Å². The number of carboxylic acid groups (broad SMARTS) is 1. The monoisotopic (exact) mass is 926 g/mol. The third kappa shape index (κ3) is 15.3. The molecule has 57 heavy (non-hydrogen) atoms. The molecule has 0 radical (unpaired) electrons. The number of carbonyl (C=O) groups excluding carboxylic acids is 1. The summed E-state index contributed by atoms with van der Waals surface area (Å²) in [4.78, 5) is 30.5. The van der Waals surface area contributed by atoms with Crippen molar-refractivity contribution in [2.45, 2.75) is 40.8 Å². The number of ether oxygens (including phenoxy) is 5. The van der Waals surface area contributed by atoms with Gasteiger partial charge < -0.3 is 38.8 Å². The van der Waals surface area contributed by atoms with E-state index in [-0.39, 0.29) is 25.7 Å². The lowest BCUT2D eigenvalue weighted by Crippen LogP contribution is -2.33. The Morgan fingerprint density at radius 2 is 1.21 bits per heavy atom. The van der Waals surface area contributed by atoms with Crippen molar-refractivity contribution in [2.75, 3.05) is 20.8 Å². The number of hydrogen-bond acceptors (Lipinski definition) is 13. The van der Waals surface area contributed by atoms with Gasteiger partial charge in [0.25, 0.3) is 0 Å². The van der Waals surface area contributed by atoms with Crippen LogP contribution in [0.3, 0.4) is 0 Å². The first-order valence-electron chi connectivity index (χ1n) is 17.0. The number of benzene rings is 4. The number of rotatable bonds is 15. The zero-order valence-electron chi connectivity index (χ0n) is 30.8.